The SMILES string of the molecule is CCOCCn1c(CNC(=O)c2ccc(Br)cc2)nc2ccccc21. The molecular formula is C19H20BrN3O2. The van der Waals surface area contributed by atoms with Gasteiger partial charge in [0.1, 0.15) is 5.82 Å². The molecule has 1 aromatic heterocycles. The number of hydrogen-bond acceptors (Lipinski definition) is 3. The van der Waals surface area contributed by atoms with Crippen molar-refractivity contribution in [2.75, 3.05) is 13.2 Å². The van der Waals surface area contributed by atoms with Gasteiger partial charge in [0.05, 0.1) is 24.2 Å². The van der Waals surface area contributed by atoms with Gasteiger partial charge in [0.25, 0.3) is 5.91 Å². The van der Waals surface area contributed by atoms with Crippen LogP contribution in [0.25, 0.3) is 11.0 Å². The Morgan fingerprint density at radius 2 is 1.96 bits per heavy atom. The van der Waals surface area contributed by atoms with Gasteiger partial charge in [-0.25, -0.2) is 4.98 Å². The van der Waals surface area contributed by atoms with Crippen LogP contribution in [0.15, 0.2) is 53.0 Å². The summed E-state index contributed by atoms with van der Waals surface area (Å²) in [5.74, 6) is 0.710. The lowest BCUT2D eigenvalue weighted by atomic mass is 10.2. The molecular weight excluding hydrogens is 382 g/mol. The molecule has 130 valence electrons. The summed E-state index contributed by atoms with van der Waals surface area (Å²) in [5, 5.41) is 2.95. The van der Waals surface area contributed by atoms with E-state index in [1.165, 1.54) is 0 Å². The van der Waals surface area contributed by atoms with E-state index in [0.717, 1.165) is 21.3 Å². The Morgan fingerprint density at radius 3 is 2.72 bits per heavy atom. The Hall–Kier alpha value is -2.18. The molecule has 0 aliphatic carbocycles. The third kappa shape index (κ3) is 4.27. The Balaban J connectivity index is 1.76. The first-order chi connectivity index (χ1) is 12.2. The molecule has 0 radical (unpaired) electrons. The van der Waals surface area contributed by atoms with Crippen LogP contribution in [0.2, 0.25) is 0 Å². The second-order valence-electron chi connectivity index (χ2n) is 5.55. The van der Waals surface area contributed by atoms with Crippen molar-refractivity contribution < 1.29 is 9.53 Å². The maximum absolute atomic E-state index is 12.3. The molecule has 0 aliphatic rings. The summed E-state index contributed by atoms with van der Waals surface area (Å²) >= 11 is 3.37. The number of hydrogen-bond donors (Lipinski definition) is 1. The van der Waals surface area contributed by atoms with Crippen molar-refractivity contribution in [1.29, 1.82) is 0 Å². The molecule has 1 amide bonds. The van der Waals surface area contributed by atoms with E-state index in [-0.39, 0.29) is 5.91 Å². The molecule has 0 fully saturated rings. The van der Waals surface area contributed by atoms with Crippen LogP contribution in [-0.2, 0) is 17.8 Å². The van der Waals surface area contributed by atoms with Gasteiger partial charge in [0, 0.05) is 23.2 Å². The number of carbonyl (C=O) groups excluding carboxylic acids is 1. The first-order valence-corrected chi connectivity index (χ1v) is 9.04. The molecule has 0 aliphatic heterocycles. The number of ether oxygens (including phenoxy) is 1. The summed E-state index contributed by atoms with van der Waals surface area (Å²) in [6.07, 6.45) is 0. The molecule has 3 rings (SSSR count). The Morgan fingerprint density at radius 1 is 1.20 bits per heavy atom. The minimum atomic E-state index is -0.115. The number of rotatable bonds is 7. The predicted octanol–water partition coefficient (Wildman–Crippen LogP) is 3.77. The monoisotopic (exact) mass is 401 g/mol. The number of nitrogens with one attached hydrogen (secondary N) is 1. The number of halogens is 1. The molecule has 2 aromatic carbocycles. The number of amides is 1. The zero-order chi connectivity index (χ0) is 17.6. The lowest BCUT2D eigenvalue weighted by molar-refractivity contribution is 0.0949. The predicted molar refractivity (Wildman–Crippen MR) is 102 cm³/mol. The lowest BCUT2D eigenvalue weighted by Crippen LogP contribution is -2.25. The molecule has 0 bridgehead atoms. The van der Waals surface area contributed by atoms with E-state index in [4.69, 9.17) is 4.74 Å². The van der Waals surface area contributed by atoms with Gasteiger partial charge in [-0.3, -0.25) is 4.79 Å². The van der Waals surface area contributed by atoms with Crippen molar-refractivity contribution in [2.24, 2.45) is 0 Å². The van der Waals surface area contributed by atoms with Gasteiger partial charge in [-0.1, -0.05) is 28.1 Å². The van der Waals surface area contributed by atoms with E-state index in [9.17, 15) is 4.79 Å². The van der Waals surface area contributed by atoms with Crippen molar-refractivity contribution in [2.45, 2.75) is 20.0 Å². The maximum atomic E-state index is 12.3. The second kappa shape index (κ2) is 8.27. The third-order valence-corrected chi connectivity index (χ3v) is 4.44. The number of imidazole rings is 1. The number of benzene rings is 2. The first kappa shape index (κ1) is 17.6. The molecule has 1 N–H and O–H groups in total. The van der Waals surface area contributed by atoms with Crippen LogP contribution in [0.5, 0.6) is 0 Å². The molecule has 0 spiro atoms. The summed E-state index contributed by atoms with van der Waals surface area (Å²) in [7, 11) is 0. The normalized spacial score (nSPS) is 11.0. The topological polar surface area (TPSA) is 56.1 Å². The van der Waals surface area contributed by atoms with E-state index >= 15 is 0 Å². The fourth-order valence-electron chi connectivity index (χ4n) is 2.67. The van der Waals surface area contributed by atoms with Gasteiger partial charge in [-0.2, -0.15) is 0 Å². The minimum absolute atomic E-state index is 0.115. The van der Waals surface area contributed by atoms with Crippen LogP contribution in [0, 0.1) is 0 Å². The number of para-hydroxylation sites is 2. The number of fused-ring (bicyclic) bond motifs is 1. The van der Waals surface area contributed by atoms with Gasteiger partial charge in [0.15, 0.2) is 0 Å². The standard InChI is InChI=1S/C19H20BrN3O2/c1-2-25-12-11-23-17-6-4-3-5-16(17)22-18(23)13-21-19(24)14-7-9-15(20)10-8-14/h3-10H,2,11-13H2,1H3,(H,21,24). The van der Waals surface area contributed by atoms with Crippen molar-refractivity contribution in [3.05, 3.63) is 64.4 Å². The van der Waals surface area contributed by atoms with Crippen molar-refractivity contribution in [1.82, 2.24) is 14.9 Å². The summed E-state index contributed by atoms with van der Waals surface area (Å²) in [5.41, 5.74) is 2.60. The average molecular weight is 402 g/mol. The van der Waals surface area contributed by atoms with Crippen molar-refractivity contribution in [3.8, 4) is 0 Å². The highest BCUT2D eigenvalue weighted by Crippen LogP contribution is 2.16. The minimum Gasteiger partial charge on any atom is -0.380 e. The summed E-state index contributed by atoms with van der Waals surface area (Å²) in [4.78, 5) is 17.0. The molecule has 0 saturated heterocycles. The first-order valence-electron chi connectivity index (χ1n) is 8.24. The molecule has 0 atom stereocenters. The molecule has 6 heteroatoms. The Bertz CT molecular complexity index is 859. The van der Waals surface area contributed by atoms with Crippen LogP contribution in [-0.4, -0.2) is 28.7 Å². The Labute approximate surface area is 155 Å². The van der Waals surface area contributed by atoms with Gasteiger partial charge >= 0.3 is 0 Å². The lowest BCUT2D eigenvalue weighted by Gasteiger charge is -2.10. The van der Waals surface area contributed by atoms with Crippen LogP contribution in [0.3, 0.4) is 0 Å². The zero-order valence-electron chi connectivity index (χ0n) is 14.0. The van der Waals surface area contributed by atoms with Gasteiger partial charge in [0.2, 0.25) is 0 Å². The van der Waals surface area contributed by atoms with E-state index in [0.29, 0.717) is 31.9 Å². The average Bonchev–Trinajstić information content (AvgIpc) is 2.98. The molecule has 25 heavy (non-hydrogen) atoms. The van der Waals surface area contributed by atoms with Crippen LogP contribution in [0.4, 0.5) is 0 Å². The number of nitrogens with zero attached hydrogens (tertiary/aromatic N) is 2. The van der Waals surface area contributed by atoms with Crippen LogP contribution < -0.4 is 5.32 Å². The number of carbonyl (C=O) groups is 1. The van der Waals surface area contributed by atoms with E-state index in [2.05, 4.69) is 30.8 Å². The number of aromatic nitrogens is 2. The van der Waals surface area contributed by atoms with Gasteiger partial charge in [-0.05, 0) is 43.3 Å². The van der Waals surface area contributed by atoms with Gasteiger partial charge < -0.3 is 14.6 Å². The molecule has 5 nitrogen and oxygen atoms in total. The summed E-state index contributed by atoms with van der Waals surface area (Å²) in [6, 6.07) is 15.3. The third-order valence-electron chi connectivity index (χ3n) is 3.91. The second-order valence-corrected chi connectivity index (χ2v) is 6.47. The smallest absolute Gasteiger partial charge is 0.251 e. The highest BCUT2D eigenvalue weighted by molar-refractivity contribution is 9.10. The highest BCUT2D eigenvalue weighted by Gasteiger charge is 2.12. The molecule has 3 aromatic rings. The van der Waals surface area contributed by atoms with Crippen molar-refractivity contribution >= 4 is 32.9 Å². The van der Waals surface area contributed by atoms with E-state index in [1.54, 1.807) is 12.1 Å². The van der Waals surface area contributed by atoms with E-state index < -0.39 is 0 Å². The molecule has 0 saturated carbocycles. The molecule has 0 unspecified atom stereocenters. The van der Waals surface area contributed by atoms with Crippen LogP contribution in [0.1, 0.15) is 23.1 Å². The van der Waals surface area contributed by atoms with Crippen LogP contribution >= 0.6 is 15.9 Å². The quantitative estimate of drug-likeness (QED) is 0.613. The molecule has 1 heterocycles. The van der Waals surface area contributed by atoms with Crippen molar-refractivity contribution in [3.63, 3.8) is 0 Å². The zero-order valence-corrected chi connectivity index (χ0v) is 15.6. The highest BCUT2D eigenvalue weighted by atomic mass is 79.9. The largest absolute Gasteiger partial charge is 0.380 e. The Kier molecular flexibility index (Phi) is 5.83. The van der Waals surface area contributed by atoms with Gasteiger partial charge in [-0.15, -0.1) is 0 Å². The maximum Gasteiger partial charge on any atom is 0.251 e. The fraction of sp³-hybridized carbons (Fsp3) is 0.263. The van der Waals surface area contributed by atoms with E-state index in [1.807, 2.05) is 43.3 Å². The fourth-order valence-corrected chi connectivity index (χ4v) is 2.94. The summed E-state index contributed by atoms with van der Waals surface area (Å²) in [6.45, 7) is 4.35. The summed E-state index contributed by atoms with van der Waals surface area (Å²) < 4.78 is 8.53.